The Kier molecular flexibility index (Phi) is 38.4. The third kappa shape index (κ3) is 23.8. The average molecular weight is 1420 g/mol. The maximum Gasteiger partial charge on any atom is 0.460 e. The molecule has 0 aliphatic carbocycles. The van der Waals surface area contributed by atoms with Crippen LogP contribution >= 0.6 is 0 Å². The first kappa shape index (κ1) is 88.3. The van der Waals surface area contributed by atoms with Crippen LogP contribution in [0.5, 0.6) is 0 Å². The Labute approximate surface area is 497 Å². The van der Waals surface area contributed by atoms with Crippen molar-refractivity contribution in [2.75, 3.05) is 205 Å². The van der Waals surface area contributed by atoms with Crippen LogP contribution in [0.1, 0.15) is 6.42 Å². The van der Waals surface area contributed by atoms with Crippen molar-refractivity contribution in [3.8, 4) is 0 Å². The Balaban J connectivity index is 4.38. The number of ether oxygens (including phenoxy) is 15. The van der Waals surface area contributed by atoms with E-state index in [4.69, 9.17) is 71.4 Å². The molecule has 16 nitrogen and oxygen atoms in total. The summed E-state index contributed by atoms with van der Waals surface area (Å²) in [6.45, 7) is 2.90. The Morgan fingerprint density at radius 3 is 0.418 bits per heavy atom. The molecule has 0 bridgehead atoms. The molecule has 0 rings (SSSR count). The minimum absolute atomic E-state index is 0.0148. The summed E-state index contributed by atoms with van der Waals surface area (Å²) in [5.41, 5.74) is 0. The Hall–Kier alpha value is -2.67. The van der Waals surface area contributed by atoms with Gasteiger partial charge in [0.1, 0.15) is 0 Å². The standard InChI is InChI=1S/C46H65F29O16/c47-33(48,34(49,50)35(51,52)36(53,54)37(55,56)38(57,58)39(59,60)40(61,62)41(63,64)42(65,66)43(67,68)44(69,70)45(71,72)46(73,74)75)1-3-77-5-7-79-9-11-81-13-15-83-17-19-85-21-23-87-25-27-89-29-31-91-32-30-90-28-26-88-24-22-86-20-18-84-16-14-82-12-10-80-8-6-78-4-2-76/h76H,1-32H2. The molecule has 0 aliphatic rings. The summed E-state index contributed by atoms with van der Waals surface area (Å²) in [6, 6.07) is 0. The molecule has 0 spiro atoms. The van der Waals surface area contributed by atoms with E-state index in [1.165, 1.54) is 0 Å². The predicted molar refractivity (Wildman–Crippen MR) is 244 cm³/mol. The molecule has 0 aliphatic heterocycles. The number of aliphatic hydroxyl groups excluding tert-OH is 1. The molecule has 45 heteroatoms. The highest BCUT2D eigenvalue weighted by atomic mass is 19.4. The lowest BCUT2D eigenvalue weighted by atomic mass is 9.83. The van der Waals surface area contributed by atoms with Crippen LogP contribution in [0.4, 0.5) is 127 Å². The quantitative estimate of drug-likeness (QED) is 0.0453. The number of hydrogen-bond donors (Lipinski definition) is 1. The lowest BCUT2D eigenvalue weighted by molar-refractivity contribution is -0.487. The maximum absolute atomic E-state index is 14.2. The van der Waals surface area contributed by atoms with Crippen LogP contribution in [0.3, 0.4) is 0 Å². The maximum atomic E-state index is 14.2. The molecule has 548 valence electrons. The van der Waals surface area contributed by atoms with Gasteiger partial charge < -0.3 is 76.2 Å². The summed E-state index contributed by atoms with van der Waals surface area (Å²) < 4.78 is 477. The lowest BCUT2D eigenvalue weighted by Crippen LogP contribution is -2.79. The van der Waals surface area contributed by atoms with E-state index in [0.29, 0.717) is 106 Å². The van der Waals surface area contributed by atoms with E-state index in [1.54, 1.807) is 0 Å². The zero-order chi connectivity index (χ0) is 70.2. The molecule has 1 N–H and O–H groups in total. The van der Waals surface area contributed by atoms with Gasteiger partial charge in [-0.05, 0) is 0 Å². The molecule has 0 aromatic rings. The van der Waals surface area contributed by atoms with Crippen molar-refractivity contribution < 1.29 is 203 Å². The third-order valence-corrected chi connectivity index (χ3v) is 11.2. The highest BCUT2D eigenvalue weighted by Crippen LogP contribution is 2.69. The van der Waals surface area contributed by atoms with Crippen LogP contribution in [-0.4, -0.2) is 293 Å². The average Bonchev–Trinajstić information content (AvgIpc) is 0.687. The van der Waals surface area contributed by atoms with Gasteiger partial charge in [-0.1, -0.05) is 0 Å². The molecule has 0 saturated carbocycles. The van der Waals surface area contributed by atoms with Crippen LogP contribution in [0.2, 0.25) is 0 Å². The van der Waals surface area contributed by atoms with Crippen LogP contribution < -0.4 is 0 Å². The van der Waals surface area contributed by atoms with Gasteiger partial charge in [-0.3, -0.25) is 0 Å². The van der Waals surface area contributed by atoms with Crippen molar-refractivity contribution in [3.63, 3.8) is 0 Å². The molecule has 0 fully saturated rings. The van der Waals surface area contributed by atoms with Crippen molar-refractivity contribution in [3.05, 3.63) is 0 Å². The summed E-state index contributed by atoms with van der Waals surface area (Å²) in [6.07, 6.45) is -11.4. The molecule has 0 aromatic carbocycles. The minimum Gasteiger partial charge on any atom is -0.394 e. The van der Waals surface area contributed by atoms with E-state index in [1.807, 2.05) is 0 Å². The van der Waals surface area contributed by atoms with Gasteiger partial charge >= 0.3 is 83.2 Å². The van der Waals surface area contributed by atoms with Crippen molar-refractivity contribution >= 4 is 0 Å². The first-order valence-electron chi connectivity index (χ1n) is 26.1. The topological polar surface area (TPSA) is 159 Å². The number of halogens is 29. The summed E-state index contributed by atoms with van der Waals surface area (Å²) in [7, 11) is 0. The molecular formula is C46H65F29O16. The van der Waals surface area contributed by atoms with Gasteiger partial charge in [-0.15, -0.1) is 0 Å². The Morgan fingerprint density at radius 2 is 0.275 bits per heavy atom. The van der Waals surface area contributed by atoms with E-state index in [9.17, 15) is 127 Å². The normalized spacial score (nSPS) is 14.6. The molecule has 0 saturated heterocycles. The lowest BCUT2D eigenvalue weighted by Gasteiger charge is -2.46. The zero-order valence-corrected chi connectivity index (χ0v) is 47.2. The summed E-state index contributed by atoms with van der Waals surface area (Å²) in [5.74, 6) is -121. The summed E-state index contributed by atoms with van der Waals surface area (Å²) in [5, 5.41) is 8.58. The Bertz CT molecular complexity index is 1910. The number of rotatable bonds is 59. The van der Waals surface area contributed by atoms with Crippen LogP contribution in [0.25, 0.3) is 0 Å². The second kappa shape index (κ2) is 39.5. The van der Waals surface area contributed by atoms with Gasteiger partial charge in [0.25, 0.3) is 0 Å². The van der Waals surface area contributed by atoms with Crippen LogP contribution in [0.15, 0.2) is 0 Å². The predicted octanol–water partition coefficient (Wildman–Crippen LogP) is 9.44. The van der Waals surface area contributed by atoms with E-state index in [-0.39, 0.29) is 79.3 Å². The molecular weight excluding hydrogens is 1360 g/mol. The van der Waals surface area contributed by atoms with Gasteiger partial charge in [0.15, 0.2) is 0 Å². The van der Waals surface area contributed by atoms with Crippen LogP contribution in [-0.2, 0) is 71.1 Å². The third-order valence-electron chi connectivity index (χ3n) is 11.2. The van der Waals surface area contributed by atoms with Gasteiger partial charge in [0.2, 0.25) is 0 Å². The largest absolute Gasteiger partial charge is 0.460 e. The SMILES string of the molecule is OCCOCCOCCOCCOCCOCCOCCOCCOCCOCCOCCOCCOCCOCCOCCOCCC(F)(F)C(F)(F)C(F)(F)C(F)(F)C(F)(F)C(F)(F)C(F)(F)C(F)(F)C(F)(F)C(F)(F)C(F)(F)C(F)(F)C(F)(F)C(F)(F)F. The molecule has 0 atom stereocenters. The fourth-order valence-corrected chi connectivity index (χ4v) is 5.98. The molecule has 91 heavy (non-hydrogen) atoms. The molecule has 0 aromatic heterocycles. The number of alkyl halides is 29. The van der Waals surface area contributed by atoms with Crippen LogP contribution in [0, 0.1) is 0 Å². The fraction of sp³-hybridized carbons (Fsp3) is 1.00. The van der Waals surface area contributed by atoms with Gasteiger partial charge in [-0.25, -0.2) is 0 Å². The second-order valence-corrected chi connectivity index (χ2v) is 17.8. The van der Waals surface area contributed by atoms with Crippen molar-refractivity contribution in [1.82, 2.24) is 0 Å². The van der Waals surface area contributed by atoms with Gasteiger partial charge in [0, 0.05) is 6.42 Å². The first-order chi connectivity index (χ1) is 41.8. The zero-order valence-electron chi connectivity index (χ0n) is 47.2. The second-order valence-electron chi connectivity index (χ2n) is 17.8. The summed E-state index contributed by atoms with van der Waals surface area (Å²) >= 11 is 0. The molecule has 0 unspecified atom stereocenters. The highest BCUT2D eigenvalue weighted by Gasteiger charge is 3.01. The minimum atomic E-state index is -9.97. The fourth-order valence-electron chi connectivity index (χ4n) is 5.98. The molecule has 0 radical (unpaired) electrons. The van der Waals surface area contributed by atoms with Gasteiger partial charge in [0.05, 0.1) is 205 Å². The Morgan fingerprint density at radius 1 is 0.154 bits per heavy atom. The monoisotopic (exact) mass is 1420 g/mol. The van der Waals surface area contributed by atoms with Crippen molar-refractivity contribution in [2.45, 2.75) is 89.6 Å². The number of hydrogen-bond acceptors (Lipinski definition) is 16. The number of aliphatic hydroxyl groups is 1. The van der Waals surface area contributed by atoms with E-state index in [2.05, 4.69) is 4.74 Å². The van der Waals surface area contributed by atoms with E-state index in [0.717, 1.165) is 0 Å². The molecule has 0 heterocycles. The molecule has 0 amide bonds. The summed E-state index contributed by atoms with van der Waals surface area (Å²) in [4.78, 5) is 0. The van der Waals surface area contributed by atoms with E-state index >= 15 is 0 Å². The van der Waals surface area contributed by atoms with Crippen molar-refractivity contribution in [2.24, 2.45) is 0 Å². The first-order valence-corrected chi connectivity index (χ1v) is 26.1. The van der Waals surface area contributed by atoms with Crippen molar-refractivity contribution in [1.29, 1.82) is 0 Å². The van der Waals surface area contributed by atoms with Gasteiger partial charge in [-0.2, -0.15) is 127 Å². The smallest absolute Gasteiger partial charge is 0.394 e. The highest BCUT2D eigenvalue weighted by molar-refractivity contribution is 5.21. The van der Waals surface area contributed by atoms with E-state index < -0.39 is 109 Å².